The minimum Gasteiger partial charge on any atom is -0.383 e. The molecule has 8 heteroatoms. The first kappa shape index (κ1) is 15.8. The smallest absolute Gasteiger partial charge is 0.139 e. The number of nitrogens with two attached hydrogens (primary N) is 1. The lowest BCUT2D eigenvalue weighted by Gasteiger charge is -2.23. The minimum absolute atomic E-state index is 0.0263. The topological polar surface area (TPSA) is 70.1 Å². The fourth-order valence-electron chi connectivity index (χ4n) is 2.21. The standard InChI is InChI=1S/C15H17ClN6S/c1-9-15(17)18-14(23-9)8-7-11-12(16)5-4-6-13(11)22-10(2)21(3)19-20-22/h4-8,10H,17H2,1-3H3/b8-7+. The van der Waals surface area contributed by atoms with Gasteiger partial charge in [-0.2, -0.15) is 0 Å². The molecule has 1 aliphatic rings. The summed E-state index contributed by atoms with van der Waals surface area (Å²) in [5.41, 5.74) is 7.58. The van der Waals surface area contributed by atoms with Crippen LogP contribution < -0.4 is 10.7 Å². The van der Waals surface area contributed by atoms with Crippen LogP contribution in [0.15, 0.2) is 28.6 Å². The highest BCUT2D eigenvalue weighted by Gasteiger charge is 2.25. The van der Waals surface area contributed by atoms with Crippen molar-refractivity contribution in [1.29, 1.82) is 0 Å². The zero-order chi connectivity index (χ0) is 16.6. The highest BCUT2D eigenvalue weighted by atomic mass is 35.5. The zero-order valence-corrected chi connectivity index (χ0v) is 14.6. The molecule has 0 saturated heterocycles. The maximum Gasteiger partial charge on any atom is 0.139 e. The Morgan fingerprint density at radius 1 is 1.30 bits per heavy atom. The van der Waals surface area contributed by atoms with E-state index in [-0.39, 0.29) is 6.17 Å². The van der Waals surface area contributed by atoms with E-state index in [0.717, 1.165) is 21.1 Å². The summed E-state index contributed by atoms with van der Waals surface area (Å²) < 4.78 is 0. The fourth-order valence-corrected chi connectivity index (χ4v) is 3.19. The van der Waals surface area contributed by atoms with Gasteiger partial charge in [-0.05, 0) is 43.4 Å². The van der Waals surface area contributed by atoms with Crippen LogP contribution >= 0.6 is 22.9 Å². The number of hydrogen-bond acceptors (Lipinski definition) is 7. The molecule has 1 unspecified atom stereocenters. The Morgan fingerprint density at radius 2 is 2.09 bits per heavy atom. The largest absolute Gasteiger partial charge is 0.383 e. The Balaban J connectivity index is 1.97. The molecule has 1 atom stereocenters. The van der Waals surface area contributed by atoms with Gasteiger partial charge in [0.2, 0.25) is 0 Å². The number of thiazole rings is 1. The van der Waals surface area contributed by atoms with Crippen molar-refractivity contribution in [2.45, 2.75) is 20.0 Å². The third-order valence-electron chi connectivity index (χ3n) is 3.69. The van der Waals surface area contributed by atoms with Gasteiger partial charge >= 0.3 is 0 Å². The molecule has 0 fully saturated rings. The summed E-state index contributed by atoms with van der Waals surface area (Å²) in [7, 11) is 1.88. The van der Waals surface area contributed by atoms with Crippen molar-refractivity contribution in [3.63, 3.8) is 0 Å². The quantitative estimate of drug-likeness (QED) is 0.900. The van der Waals surface area contributed by atoms with Crippen LogP contribution in [0.1, 0.15) is 22.4 Å². The van der Waals surface area contributed by atoms with Crippen molar-refractivity contribution in [2.75, 3.05) is 17.8 Å². The van der Waals surface area contributed by atoms with Gasteiger partial charge in [-0.15, -0.1) is 11.3 Å². The molecule has 1 aliphatic heterocycles. The van der Waals surface area contributed by atoms with Crippen LogP contribution in [0.2, 0.25) is 5.02 Å². The minimum atomic E-state index is 0.0263. The summed E-state index contributed by atoms with van der Waals surface area (Å²) in [6.07, 6.45) is 3.88. The molecule has 0 spiro atoms. The maximum absolute atomic E-state index is 6.39. The molecule has 0 amide bonds. The number of nitrogens with zero attached hydrogens (tertiary/aromatic N) is 5. The van der Waals surface area contributed by atoms with Crippen molar-refractivity contribution < 1.29 is 0 Å². The van der Waals surface area contributed by atoms with Gasteiger partial charge < -0.3 is 5.73 Å². The highest BCUT2D eigenvalue weighted by molar-refractivity contribution is 7.12. The van der Waals surface area contributed by atoms with Crippen LogP contribution in [-0.2, 0) is 0 Å². The van der Waals surface area contributed by atoms with Gasteiger partial charge in [0, 0.05) is 22.5 Å². The second kappa shape index (κ2) is 6.17. The van der Waals surface area contributed by atoms with Crippen LogP contribution in [0.4, 0.5) is 11.5 Å². The first-order chi connectivity index (χ1) is 11.0. The van der Waals surface area contributed by atoms with Gasteiger partial charge in [0.05, 0.1) is 5.69 Å². The van der Waals surface area contributed by atoms with Crippen LogP contribution in [0.3, 0.4) is 0 Å². The van der Waals surface area contributed by atoms with Crippen molar-refractivity contribution in [3.05, 3.63) is 38.7 Å². The van der Waals surface area contributed by atoms with E-state index in [1.54, 1.807) is 16.3 Å². The fraction of sp³-hybridized carbons (Fsp3) is 0.267. The Kier molecular flexibility index (Phi) is 4.23. The van der Waals surface area contributed by atoms with Crippen LogP contribution in [0.5, 0.6) is 0 Å². The lowest BCUT2D eigenvalue weighted by molar-refractivity contribution is 0.303. The van der Waals surface area contributed by atoms with Gasteiger partial charge in [0.15, 0.2) is 0 Å². The monoisotopic (exact) mass is 348 g/mol. The molecule has 2 aromatic rings. The molecule has 1 aromatic carbocycles. The molecule has 2 N–H and O–H groups in total. The maximum atomic E-state index is 6.39. The van der Waals surface area contributed by atoms with Crippen LogP contribution in [0.25, 0.3) is 12.2 Å². The van der Waals surface area contributed by atoms with Crippen LogP contribution in [-0.4, -0.2) is 23.2 Å². The Labute approximate surface area is 143 Å². The number of aryl methyl sites for hydroxylation is 1. The van der Waals surface area contributed by atoms with E-state index in [0.29, 0.717) is 10.8 Å². The highest BCUT2D eigenvalue weighted by Crippen LogP contribution is 2.33. The number of rotatable bonds is 3. The molecule has 0 saturated carbocycles. The van der Waals surface area contributed by atoms with Crippen molar-refractivity contribution >= 4 is 46.6 Å². The number of nitrogen functional groups attached to an aromatic ring is 1. The molecule has 6 nitrogen and oxygen atoms in total. The molecule has 23 heavy (non-hydrogen) atoms. The van der Waals surface area contributed by atoms with E-state index in [2.05, 4.69) is 15.4 Å². The van der Waals surface area contributed by atoms with E-state index >= 15 is 0 Å². The third-order valence-corrected chi connectivity index (χ3v) is 4.97. The molecule has 1 aromatic heterocycles. The molecular formula is C15H17ClN6S. The van der Waals surface area contributed by atoms with Crippen molar-refractivity contribution in [3.8, 4) is 0 Å². The molecule has 0 aliphatic carbocycles. The average Bonchev–Trinajstić information content (AvgIpc) is 3.01. The summed E-state index contributed by atoms with van der Waals surface area (Å²) in [5.74, 6) is 0.567. The summed E-state index contributed by atoms with van der Waals surface area (Å²) in [6.45, 7) is 3.98. The molecule has 0 bridgehead atoms. The summed E-state index contributed by atoms with van der Waals surface area (Å²) in [4.78, 5) is 5.32. The SMILES string of the molecule is Cc1sc(/C=C/c2c(Cl)cccc2N2N=NN(C)C2C)nc1N. The third kappa shape index (κ3) is 3.02. The van der Waals surface area contributed by atoms with E-state index in [1.165, 1.54) is 0 Å². The van der Waals surface area contributed by atoms with Crippen molar-refractivity contribution in [2.24, 2.45) is 10.4 Å². The second-order valence-electron chi connectivity index (χ2n) is 5.23. The predicted molar refractivity (Wildman–Crippen MR) is 96.2 cm³/mol. The van der Waals surface area contributed by atoms with E-state index in [9.17, 15) is 0 Å². The van der Waals surface area contributed by atoms with Crippen molar-refractivity contribution in [1.82, 2.24) is 9.99 Å². The molecule has 120 valence electrons. The van der Waals surface area contributed by atoms with Gasteiger partial charge in [-0.3, -0.25) is 5.01 Å². The Bertz CT molecular complexity index is 765. The number of aromatic nitrogens is 1. The summed E-state index contributed by atoms with van der Waals surface area (Å²) in [6, 6.07) is 5.73. The predicted octanol–water partition coefficient (Wildman–Crippen LogP) is 4.24. The molecule has 0 radical (unpaired) electrons. The number of halogens is 1. The first-order valence-corrected chi connectivity index (χ1v) is 8.30. The zero-order valence-electron chi connectivity index (χ0n) is 13.1. The van der Waals surface area contributed by atoms with Crippen LogP contribution in [0, 0.1) is 6.92 Å². The Hall–Kier alpha value is -2.12. The van der Waals surface area contributed by atoms with E-state index in [1.807, 2.05) is 56.3 Å². The van der Waals surface area contributed by atoms with Gasteiger partial charge in [-0.1, -0.05) is 22.9 Å². The van der Waals surface area contributed by atoms with E-state index < -0.39 is 0 Å². The molecular weight excluding hydrogens is 332 g/mol. The van der Waals surface area contributed by atoms with Gasteiger partial charge in [0.1, 0.15) is 17.0 Å². The lowest BCUT2D eigenvalue weighted by atomic mass is 10.1. The summed E-state index contributed by atoms with van der Waals surface area (Å²) >= 11 is 7.94. The normalized spacial score (nSPS) is 17.7. The number of benzene rings is 1. The van der Waals surface area contributed by atoms with E-state index in [4.69, 9.17) is 17.3 Å². The van der Waals surface area contributed by atoms with Gasteiger partial charge in [0.25, 0.3) is 0 Å². The molecule has 3 rings (SSSR count). The number of anilines is 2. The molecule has 2 heterocycles. The Morgan fingerprint density at radius 3 is 2.70 bits per heavy atom. The number of hydrogen-bond donors (Lipinski definition) is 1. The lowest BCUT2D eigenvalue weighted by Crippen LogP contribution is -2.33. The average molecular weight is 349 g/mol. The second-order valence-corrected chi connectivity index (χ2v) is 6.87. The summed E-state index contributed by atoms with van der Waals surface area (Å²) in [5, 5.41) is 13.4. The first-order valence-electron chi connectivity index (χ1n) is 7.10. The van der Waals surface area contributed by atoms with Gasteiger partial charge in [-0.25, -0.2) is 9.99 Å².